The molecule has 0 spiro atoms. The maximum absolute atomic E-state index is 5.77. The standard InChI is InChI=1S/C14H24N2O/c1-5-17-14-7-6-13(10-11(14)2)16(4)9-8-12(3)15/h6-7,10,12H,5,8-9,15H2,1-4H3. The monoisotopic (exact) mass is 236 g/mol. The molecule has 1 aromatic carbocycles. The molecule has 0 aliphatic carbocycles. The number of ether oxygens (including phenoxy) is 1. The topological polar surface area (TPSA) is 38.5 Å². The van der Waals surface area contributed by atoms with Gasteiger partial charge < -0.3 is 15.4 Å². The molecule has 0 heterocycles. The van der Waals surface area contributed by atoms with Crippen molar-refractivity contribution in [1.82, 2.24) is 0 Å². The molecule has 0 aromatic heterocycles. The third kappa shape index (κ3) is 4.27. The second-order valence-corrected chi connectivity index (χ2v) is 4.57. The summed E-state index contributed by atoms with van der Waals surface area (Å²) < 4.78 is 5.53. The van der Waals surface area contributed by atoms with Crippen molar-refractivity contribution in [3.63, 3.8) is 0 Å². The minimum Gasteiger partial charge on any atom is -0.494 e. The largest absolute Gasteiger partial charge is 0.494 e. The van der Waals surface area contributed by atoms with Crippen molar-refractivity contribution in [2.24, 2.45) is 5.73 Å². The first kappa shape index (κ1) is 13.8. The zero-order valence-electron chi connectivity index (χ0n) is 11.4. The van der Waals surface area contributed by atoms with Crippen LogP contribution >= 0.6 is 0 Å². The highest BCUT2D eigenvalue weighted by atomic mass is 16.5. The van der Waals surface area contributed by atoms with Crippen LogP contribution in [0.1, 0.15) is 25.8 Å². The minimum atomic E-state index is 0.251. The molecule has 1 aromatic rings. The third-order valence-corrected chi connectivity index (χ3v) is 2.82. The predicted octanol–water partition coefficient (Wildman–Crippen LogP) is 2.57. The van der Waals surface area contributed by atoms with E-state index >= 15 is 0 Å². The lowest BCUT2D eigenvalue weighted by Crippen LogP contribution is -2.25. The summed E-state index contributed by atoms with van der Waals surface area (Å²) in [6, 6.07) is 6.54. The molecule has 0 aliphatic heterocycles. The van der Waals surface area contributed by atoms with Crippen molar-refractivity contribution >= 4 is 5.69 Å². The van der Waals surface area contributed by atoms with Gasteiger partial charge in [0, 0.05) is 25.3 Å². The summed E-state index contributed by atoms with van der Waals surface area (Å²) in [5.41, 5.74) is 8.16. The van der Waals surface area contributed by atoms with Gasteiger partial charge in [-0.2, -0.15) is 0 Å². The summed E-state index contributed by atoms with van der Waals surface area (Å²) in [7, 11) is 2.09. The number of aryl methyl sites for hydroxylation is 1. The molecular weight excluding hydrogens is 212 g/mol. The molecule has 0 amide bonds. The fraction of sp³-hybridized carbons (Fsp3) is 0.571. The summed E-state index contributed by atoms with van der Waals surface area (Å²) in [6.45, 7) is 7.80. The van der Waals surface area contributed by atoms with E-state index in [9.17, 15) is 0 Å². The van der Waals surface area contributed by atoms with Gasteiger partial charge in [0.2, 0.25) is 0 Å². The van der Waals surface area contributed by atoms with Gasteiger partial charge in [-0.25, -0.2) is 0 Å². The van der Waals surface area contributed by atoms with Gasteiger partial charge in [0.05, 0.1) is 6.61 Å². The van der Waals surface area contributed by atoms with Crippen molar-refractivity contribution in [2.75, 3.05) is 25.1 Å². The van der Waals surface area contributed by atoms with Crippen LogP contribution < -0.4 is 15.4 Å². The molecule has 0 saturated heterocycles. The normalized spacial score (nSPS) is 12.3. The Morgan fingerprint density at radius 2 is 2.12 bits per heavy atom. The fourth-order valence-electron chi connectivity index (χ4n) is 1.71. The Kier molecular flexibility index (Phi) is 5.29. The molecule has 17 heavy (non-hydrogen) atoms. The number of anilines is 1. The quantitative estimate of drug-likeness (QED) is 0.825. The Labute approximate surface area is 105 Å². The lowest BCUT2D eigenvalue weighted by Gasteiger charge is -2.21. The Morgan fingerprint density at radius 1 is 1.41 bits per heavy atom. The van der Waals surface area contributed by atoms with Gasteiger partial charge in [0.25, 0.3) is 0 Å². The van der Waals surface area contributed by atoms with Gasteiger partial charge in [-0.05, 0) is 51.0 Å². The summed E-state index contributed by atoms with van der Waals surface area (Å²) in [4.78, 5) is 2.23. The van der Waals surface area contributed by atoms with Crippen LogP contribution in [0.5, 0.6) is 5.75 Å². The Bertz CT molecular complexity index is 350. The van der Waals surface area contributed by atoms with Crippen LogP contribution in [0, 0.1) is 6.92 Å². The van der Waals surface area contributed by atoms with E-state index in [1.165, 1.54) is 11.3 Å². The predicted molar refractivity (Wildman–Crippen MR) is 73.9 cm³/mol. The van der Waals surface area contributed by atoms with Gasteiger partial charge in [0.1, 0.15) is 5.75 Å². The molecule has 3 nitrogen and oxygen atoms in total. The van der Waals surface area contributed by atoms with Gasteiger partial charge in [-0.3, -0.25) is 0 Å². The van der Waals surface area contributed by atoms with Crippen LogP contribution in [0.15, 0.2) is 18.2 Å². The number of benzene rings is 1. The molecule has 2 N–H and O–H groups in total. The number of hydrogen-bond donors (Lipinski definition) is 1. The van der Waals surface area contributed by atoms with E-state index in [1.807, 2.05) is 19.9 Å². The molecule has 3 heteroatoms. The summed E-state index contributed by atoms with van der Waals surface area (Å²) in [5.74, 6) is 0.969. The molecule has 96 valence electrons. The molecule has 0 aliphatic rings. The average molecular weight is 236 g/mol. The first-order valence-electron chi connectivity index (χ1n) is 6.24. The summed E-state index contributed by atoms with van der Waals surface area (Å²) in [6.07, 6.45) is 1.00. The van der Waals surface area contributed by atoms with Crippen LogP contribution in [0.2, 0.25) is 0 Å². The van der Waals surface area contributed by atoms with E-state index in [4.69, 9.17) is 10.5 Å². The molecule has 0 fully saturated rings. The first-order chi connectivity index (χ1) is 8.04. The third-order valence-electron chi connectivity index (χ3n) is 2.82. The molecule has 1 atom stereocenters. The van der Waals surface area contributed by atoms with Gasteiger partial charge in [0.15, 0.2) is 0 Å². The van der Waals surface area contributed by atoms with E-state index < -0.39 is 0 Å². The van der Waals surface area contributed by atoms with E-state index in [2.05, 4.69) is 31.0 Å². The highest BCUT2D eigenvalue weighted by Gasteiger charge is 2.05. The van der Waals surface area contributed by atoms with E-state index in [1.54, 1.807) is 0 Å². The Balaban J connectivity index is 2.68. The van der Waals surface area contributed by atoms with Crippen molar-refractivity contribution in [3.05, 3.63) is 23.8 Å². The van der Waals surface area contributed by atoms with E-state index in [-0.39, 0.29) is 6.04 Å². The molecule has 1 rings (SSSR count). The van der Waals surface area contributed by atoms with Crippen molar-refractivity contribution in [3.8, 4) is 5.75 Å². The maximum atomic E-state index is 5.77. The van der Waals surface area contributed by atoms with Crippen LogP contribution in [0.25, 0.3) is 0 Å². The first-order valence-corrected chi connectivity index (χ1v) is 6.24. The Hall–Kier alpha value is -1.22. The molecule has 0 radical (unpaired) electrons. The second-order valence-electron chi connectivity index (χ2n) is 4.57. The van der Waals surface area contributed by atoms with Gasteiger partial charge in [-0.15, -0.1) is 0 Å². The lowest BCUT2D eigenvalue weighted by atomic mass is 10.1. The zero-order valence-corrected chi connectivity index (χ0v) is 11.4. The lowest BCUT2D eigenvalue weighted by molar-refractivity contribution is 0.338. The average Bonchev–Trinajstić information content (AvgIpc) is 2.28. The number of hydrogen-bond acceptors (Lipinski definition) is 3. The van der Waals surface area contributed by atoms with Crippen LogP contribution in [0.4, 0.5) is 5.69 Å². The van der Waals surface area contributed by atoms with Crippen LogP contribution in [-0.2, 0) is 0 Å². The van der Waals surface area contributed by atoms with Crippen LogP contribution in [-0.4, -0.2) is 26.2 Å². The molecule has 1 unspecified atom stereocenters. The van der Waals surface area contributed by atoms with Crippen molar-refractivity contribution in [2.45, 2.75) is 33.2 Å². The maximum Gasteiger partial charge on any atom is 0.122 e. The highest BCUT2D eigenvalue weighted by Crippen LogP contribution is 2.23. The smallest absolute Gasteiger partial charge is 0.122 e. The minimum absolute atomic E-state index is 0.251. The molecule has 0 bridgehead atoms. The number of nitrogens with zero attached hydrogens (tertiary/aromatic N) is 1. The van der Waals surface area contributed by atoms with Crippen LogP contribution in [0.3, 0.4) is 0 Å². The zero-order chi connectivity index (χ0) is 12.8. The van der Waals surface area contributed by atoms with Crippen molar-refractivity contribution in [1.29, 1.82) is 0 Å². The number of nitrogens with two attached hydrogens (primary N) is 1. The van der Waals surface area contributed by atoms with E-state index in [0.29, 0.717) is 6.61 Å². The van der Waals surface area contributed by atoms with Gasteiger partial charge in [-0.1, -0.05) is 0 Å². The highest BCUT2D eigenvalue weighted by molar-refractivity contribution is 5.52. The fourth-order valence-corrected chi connectivity index (χ4v) is 1.71. The second kappa shape index (κ2) is 6.50. The van der Waals surface area contributed by atoms with E-state index in [0.717, 1.165) is 18.7 Å². The van der Waals surface area contributed by atoms with Crippen molar-refractivity contribution < 1.29 is 4.74 Å². The summed E-state index contributed by atoms with van der Waals surface area (Å²) >= 11 is 0. The summed E-state index contributed by atoms with van der Waals surface area (Å²) in [5, 5.41) is 0. The van der Waals surface area contributed by atoms with Gasteiger partial charge >= 0.3 is 0 Å². The molecule has 0 saturated carbocycles. The molecular formula is C14H24N2O. The Morgan fingerprint density at radius 3 is 2.65 bits per heavy atom. The SMILES string of the molecule is CCOc1ccc(N(C)CCC(C)N)cc1C. The number of rotatable bonds is 6.